The van der Waals surface area contributed by atoms with Crippen LogP contribution >= 0.6 is 0 Å². The first-order chi connectivity index (χ1) is 8.27. The highest BCUT2D eigenvalue weighted by Crippen LogP contribution is 2.26. The Balaban J connectivity index is 2.18. The maximum Gasteiger partial charge on any atom is 0.132 e. The van der Waals surface area contributed by atoms with E-state index in [-0.39, 0.29) is 0 Å². The molecule has 3 heterocycles. The molecule has 1 unspecified atom stereocenters. The van der Waals surface area contributed by atoms with Gasteiger partial charge in [-0.15, -0.1) is 0 Å². The molecule has 0 aromatic carbocycles. The number of nitrogens with one attached hydrogen (secondary N) is 1. The van der Waals surface area contributed by atoms with E-state index in [1.54, 1.807) is 0 Å². The van der Waals surface area contributed by atoms with Crippen LogP contribution in [0.3, 0.4) is 0 Å². The van der Waals surface area contributed by atoms with E-state index < -0.39 is 0 Å². The van der Waals surface area contributed by atoms with Gasteiger partial charge in [-0.25, -0.2) is 4.98 Å². The zero-order valence-corrected chi connectivity index (χ0v) is 10.3. The first kappa shape index (κ1) is 10.6. The first-order valence-corrected chi connectivity index (χ1v) is 6.14. The van der Waals surface area contributed by atoms with Crippen molar-refractivity contribution >= 4 is 11.3 Å². The molecule has 0 aliphatic carbocycles. The SMILES string of the molecule is CN(C)c1cccc2cnc(C3CCCN3)n12. The third-order valence-electron chi connectivity index (χ3n) is 3.39. The average Bonchev–Trinajstić information content (AvgIpc) is 2.96. The van der Waals surface area contributed by atoms with Gasteiger partial charge in [-0.05, 0) is 31.5 Å². The maximum absolute atomic E-state index is 4.59. The van der Waals surface area contributed by atoms with Crippen molar-refractivity contribution in [1.29, 1.82) is 0 Å². The van der Waals surface area contributed by atoms with Gasteiger partial charge in [0.1, 0.15) is 11.6 Å². The zero-order chi connectivity index (χ0) is 11.8. The summed E-state index contributed by atoms with van der Waals surface area (Å²) in [6.45, 7) is 1.10. The molecule has 1 N–H and O–H groups in total. The van der Waals surface area contributed by atoms with Gasteiger partial charge in [0.05, 0.1) is 17.8 Å². The predicted molar refractivity (Wildman–Crippen MR) is 69.5 cm³/mol. The van der Waals surface area contributed by atoms with Gasteiger partial charge in [0.15, 0.2) is 0 Å². The van der Waals surface area contributed by atoms with Crippen LogP contribution in [0.2, 0.25) is 0 Å². The molecule has 2 aromatic rings. The second-order valence-corrected chi connectivity index (χ2v) is 4.80. The summed E-state index contributed by atoms with van der Waals surface area (Å²) in [5, 5.41) is 3.52. The lowest BCUT2D eigenvalue weighted by atomic mass is 10.2. The van der Waals surface area contributed by atoms with Gasteiger partial charge in [0.2, 0.25) is 0 Å². The summed E-state index contributed by atoms with van der Waals surface area (Å²) < 4.78 is 2.25. The molecule has 0 spiro atoms. The van der Waals surface area contributed by atoms with Crippen molar-refractivity contribution in [2.45, 2.75) is 18.9 Å². The molecule has 0 saturated carbocycles. The Morgan fingerprint density at radius 2 is 2.29 bits per heavy atom. The van der Waals surface area contributed by atoms with E-state index >= 15 is 0 Å². The van der Waals surface area contributed by atoms with Crippen LogP contribution in [-0.4, -0.2) is 30.0 Å². The van der Waals surface area contributed by atoms with Crippen LogP contribution in [-0.2, 0) is 0 Å². The Bertz CT molecular complexity index is 523. The molecule has 1 aliphatic heterocycles. The summed E-state index contributed by atoms with van der Waals surface area (Å²) in [5.74, 6) is 2.32. The molecule has 0 radical (unpaired) electrons. The van der Waals surface area contributed by atoms with Crippen molar-refractivity contribution in [2.75, 3.05) is 25.5 Å². The Kier molecular flexibility index (Phi) is 2.52. The minimum absolute atomic E-state index is 0.401. The summed E-state index contributed by atoms with van der Waals surface area (Å²) in [6, 6.07) is 6.72. The smallest absolute Gasteiger partial charge is 0.132 e. The van der Waals surface area contributed by atoms with Crippen LogP contribution in [0.1, 0.15) is 24.7 Å². The molecule has 3 rings (SSSR count). The lowest BCUT2D eigenvalue weighted by Gasteiger charge is -2.18. The lowest BCUT2D eigenvalue weighted by molar-refractivity contribution is 0.602. The molecule has 1 fully saturated rings. The van der Waals surface area contributed by atoms with Gasteiger partial charge in [0.25, 0.3) is 0 Å². The fourth-order valence-corrected chi connectivity index (χ4v) is 2.55. The standard InChI is InChI=1S/C13H18N4/c1-16(2)12-7-3-5-10-9-15-13(17(10)12)11-6-4-8-14-11/h3,5,7,9,11,14H,4,6,8H2,1-2H3. The van der Waals surface area contributed by atoms with Crippen LogP contribution in [0.5, 0.6) is 0 Å². The van der Waals surface area contributed by atoms with E-state index in [0.29, 0.717) is 6.04 Å². The molecule has 4 heteroatoms. The number of pyridine rings is 1. The van der Waals surface area contributed by atoms with Crippen LogP contribution in [0.25, 0.3) is 5.52 Å². The topological polar surface area (TPSA) is 32.6 Å². The van der Waals surface area contributed by atoms with Crippen molar-refractivity contribution in [3.63, 3.8) is 0 Å². The Labute approximate surface area is 101 Å². The number of aromatic nitrogens is 2. The zero-order valence-electron chi connectivity index (χ0n) is 10.3. The van der Waals surface area contributed by atoms with E-state index in [2.05, 4.69) is 51.9 Å². The summed E-state index contributed by atoms with van der Waals surface area (Å²) in [6.07, 6.45) is 4.38. The summed E-state index contributed by atoms with van der Waals surface area (Å²) in [7, 11) is 4.14. The largest absolute Gasteiger partial charge is 0.364 e. The summed E-state index contributed by atoms with van der Waals surface area (Å²) >= 11 is 0. The molecule has 0 amide bonds. The highest BCUT2D eigenvalue weighted by atomic mass is 15.2. The lowest BCUT2D eigenvalue weighted by Crippen LogP contribution is -2.19. The number of fused-ring (bicyclic) bond motifs is 1. The monoisotopic (exact) mass is 230 g/mol. The van der Waals surface area contributed by atoms with Gasteiger partial charge >= 0.3 is 0 Å². The summed E-state index contributed by atoms with van der Waals surface area (Å²) in [5.41, 5.74) is 1.17. The predicted octanol–water partition coefficient (Wildman–Crippen LogP) is 1.82. The van der Waals surface area contributed by atoms with Gasteiger partial charge in [0, 0.05) is 14.1 Å². The Hall–Kier alpha value is -1.55. The number of hydrogen-bond donors (Lipinski definition) is 1. The first-order valence-electron chi connectivity index (χ1n) is 6.14. The fourth-order valence-electron chi connectivity index (χ4n) is 2.55. The summed E-state index contributed by atoms with van der Waals surface area (Å²) in [4.78, 5) is 6.73. The number of imidazole rings is 1. The molecule has 17 heavy (non-hydrogen) atoms. The quantitative estimate of drug-likeness (QED) is 0.854. The second-order valence-electron chi connectivity index (χ2n) is 4.80. The highest BCUT2D eigenvalue weighted by molar-refractivity contribution is 5.55. The Morgan fingerprint density at radius 1 is 1.41 bits per heavy atom. The molecule has 4 nitrogen and oxygen atoms in total. The average molecular weight is 230 g/mol. The highest BCUT2D eigenvalue weighted by Gasteiger charge is 2.21. The van der Waals surface area contributed by atoms with Crippen molar-refractivity contribution in [3.8, 4) is 0 Å². The third-order valence-corrected chi connectivity index (χ3v) is 3.39. The van der Waals surface area contributed by atoms with Gasteiger partial charge in [-0.1, -0.05) is 6.07 Å². The number of hydrogen-bond acceptors (Lipinski definition) is 3. The van der Waals surface area contributed by atoms with Crippen LogP contribution in [0, 0.1) is 0 Å². The van der Waals surface area contributed by atoms with Gasteiger partial charge in [-0.3, -0.25) is 4.40 Å². The van der Waals surface area contributed by atoms with Crippen LogP contribution < -0.4 is 10.2 Å². The third kappa shape index (κ3) is 1.69. The maximum atomic E-state index is 4.59. The number of anilines is 1. The van der Waals surface area contributed by atoms with E-state index in [9.17, 15) is 0 Å². The van der Waals surface area contributed by atoms with Crippen molar-refractivity contribution in [3.05, 3.63) is 30.2 Å². The van der Waals surface area contributed by atoms with E-state index in [0.717, 1.165) is 12.4 Å². The Morgan fingerprint density at radius 3 is 3.00 bits per heavy atom. The molecular weight excluding hydrogens is 212 g/mol. The van der Waals surface area contributed by atoms with Crippen LogP contribution in [0.4, 0.5) is 5.82 Å². The van der Waals surface area contributed by atoms with Crippen LogP contribution in [0.15, 0.2) is 24.4 Å². The van der Waals surface area contributed by atoms with E-state index in [1.165, 1.54) is 24.2 Å². The second kappa shape index (κ2) is 4.04. The van der Waals surface area contributed by atoms with Gasteiger partial charge < -0.3 is 10.2 Å². The van der Waals surface area contributed by atoms with Gasteiger partial charge in [-0.2, -0.15) is 0 Å². The number of nitrogens with zero attached hydrogens (tertiary/aromatic N) is 3. The van der Waals surface area contributed by atoms with Crippen molar-refractivity contribution in [2.24, 2.45) is 0 Å². The van der Waals surface area contributed by atoms with Crippen molar-refractivity contribution in [1.82, 2.24) is 14.7 Å². The molecule has 1 saturated heterocycles. The molecule has 90 valence electrons. The number of rotatable bonds is 2. The molecule has 1 aliphatic rings. The van der Waals surface area contributed by atoms with E-state index in [1.807, 2.05) is 6.20 Å². The molecule has 0 bridgehead atoms. The van der Waals surface area contributed by atoms with Crippen molar-refractivity contribution < 1.29 is 0 Å². The molecule has 1 atom stereocenters. The normalized spacial score (nSPS) is 20.0. The fraction of sp³-hybridized carbons (Fsp3) is 0.462. The molecular formula is C13H18N4. The molecule has 2 aromatic heterocycles. The van der Waals surface area contributed by atoms with E-state index in [4.69, 9.17) is 0 Å². The minimum Gasteiger partial charge on any atom is -0.364 e. The minimum atomic E-state index is 0.401.